The van der Waals surface area contributed by atoms with Gasteiger partial charge in [-0.25, -0.2) is 17.8 Å². The lowest BCUT2D eigenvalue weighted by atomic mass is 10.2. The maximum Gasteiger partial charge on any atom is 0.239 e. The number of hydrogen-bond acceptors (Lipinski definition) is 5. The maximum absolute atomic E-state index is 13.0. The van der Waals surface area contributed by atoms with Gasteiger partial charge in [-0.15, -0.1) is 0 Å². The molecule has 0 unspecified atom stereocenters. The Labute approximate surface area is 165 Å². The number of benzene rings is 3. The fourth-order valence-electron chi connectivity index (χ4n) is 2.79. The molecule has 1 heterocycles. The summed E-state index contributed by atoms with van der Waals surface area (Å²) in [6.45, 7) is 0. The lowest BCUT2D eigenvalue weighted by Crippen LogP contribution is -2.23. The van der Waals surface area contributed by atoms with Crippen molar-refractivity contribution in [2.45, 2.75) is 4.90 Å². The van der Waals surface area contributed by atoms with E-state index in [2.05, 4.69) is 10.3 Å². The molecule has 3 aromatic carbocycles. The van der Waals surface area contributed by atoms with Crippen molar-refractivity contribution < 1.29 is 22.0 Å². The van der Waals surface area contributed by atoms with Crippen LogP contribution in [0.5, 0.6) is 0 Å². The molecule has 0 saturated heterocycles. The first kappa shape index (κ1) is 18.8. The standard InChI is InChI=1S/C21H15FN2O4S/c22-15-7-11-17(12-8-15)29(26,27)13-20(25)23-16-9-5-14(6-10-16)21-24-18-3-1-2-4-19(18)28-21/h1-12H,13H2,(H,23,25). The number of oxazole rings is 1. The maximum atomic E-state index is 13.0. The first-order valence-corrected chi connectivity index (χ1v) is 10.3. The van der Waals surface area contributed by atoms with Gasteiger partial charge in [0.05, 0.1) is 4.90 Å². The minimum absolute atomic E-state index is 0.111. The van der Waals surface area contributed by atoms with Crippen molar-refractivity contribution in [1.29, 1.82) is 0 Å². The van der Waals surface area contributed by atoms with Gasteiger partial charge >= 0.3 is 0 Å². The van der Waals surface area contributed by atoms with Crippen LogP contribution in [-0.4, -0.2) is 25.1 Å². The molecule has 0 atom stereocenters. The van der Waals surface area contributed by atoms with Gasteiger partial charge in [-0.2, -0.15) is 0 Å². The number of amides is 1. The summed E-state index contributed by atoms with van der Waals surface area (Å²) in [6.07, 6.45) is 0. The van der Waals surface area contributed by atoms with Gasteiger partial charge in [0, 0.05) is 11.3 Å². The van der Waals surface area contributed by atoms with Gasteiger partial charge < -0.3 is 9.73 Å². The highest BCUT2D eigenvalue weighted by Gasteiger charge is 2.19. The molecular formula is C21H15FN2O4S. The SMILES string of the molecule is O=C(CS(=O)(=O)c1ccc(F)cc1)Nc1ccc(-c2nc3ccccc3o2)cc1. The van der Waals surface area contributed by atoms with E-state index < -0.39 is 27.3 Å². The Hall–Kier alpha value is -3.52. The molecule has 29 heavy (non-hydrogen) atoms. The van der Waals surface area contributed by atoms with Crippen LogP contribution < -0.4 is 5.32 Å². The number of fused-ring (bicyclic) bond motifs is 1. The van der Waals surface area contributed by atoms with Gasteiger partial charge in [0.25, 0.3) is 0 Å². The van der Waals surface area contributed by atoms with Crippen molar-refractivity contribution in [1.82, 2.24) is 4.98 Å². The Morgan fingerprint density at radius 2 is 1.66 bits per heavy atom. The fraction of sp³-hybridized carbons (Fsp3) is 0.0476. The zero-order valence-corrected chi connectivity index (χ0v) is 15.8. The molecule has 8 heteroatoms. The number of rotatable bonds is 5. The average Bonchev–Trinajstić information content (AvgIpc) is 3.12. The number of halogens is 1. The van der Waals surface area contributed by atoms with Gasteiger partial charge in [0.1, 0.15) is 17.1 Å². The second-order valence-corrected chi connectivity index (χ2v) is 8.31. The molecule has 0 fully saturated rings. The van der Waals surface area contributed by atoms with E-state index in [4.69, 9.17) is 4.42 Å². The summed E-state index contributed by atoms with van der Waals surface area (Å²) in [7, 11) is -3.87. The summed E-state index contributed by atoms with van der Waals surface area (Å²) < 4.78 is 43.2. The molecule has 1 amide bonds. The van der Waals surface area contributed by atoms with E-state index in [0.717, 1.165) is 35.3 Å². The first-order chi connectivity index (χ1) is 13.9. The number of nitrogens with one attached hydrogen (secondary N) is 1. The predicted octanol–water partition coefficient (Wildman–Crippen LogP) is 4.05. The summed E-state index contributed by atoms with van der Waals surface area (Å²) in [6, 6.07) is 18.4. The minimum Gasteiger partial charge on any atom is -0.436 e. The molecule has 0 bridgehead atoms. The first-order valence-electron chi connectivity index (χ1n) is 8.65. The van der Waals surface area contributed by atoms with Crippen LogP contribution in [0.15, 0.2) is 82.1 Å². The van der Waals surface area contributed by atoms with Crippen LogP contribution in [0.4, 0.5) is 10.1 Å². The van der Waals surface area contributed by atoms with E-state index in [9.17, 15) is 17.6 Å². The Balaban J connectivity index is 1.45. The molecule has 1 aromatic heterocycles. The average molecular weight is 410 g/mol. The molecule has 4 rings (SSSR count). The van der Waals surface area contributed by atoms with E-state index in [-0.39, 0.29) is 4.90 Å². The fourth-order valence-corrected chi connectivity index (χ4v) is 3.92. The van der Waals surface area contributed by atoms with E-state index in [1.165, 1.54) is 0 Å². The van der Waals surface area contributed by atoms with Crippen LogP contribution in [0.2, 0.25) is 0 Å². The highest BCUT2D eigenvalue weighted by atomic mass is 32.2. The molecule has 0 aliphatic rings. The number of anilines is 1. The van der Waals surface area contributed by atoms with E-state index >= 15 is 0 Å². The lowest BCUT2D eigenvalue weighted by molar-refractivity contribution is -0.113. The molecule has 6 nitrogen and oxygen atoms in total. The molecule has 0 radical (unpaired) electrons. The van der Waals surface area contributed by atoms with Gasteiger partial charge in [-0.3, -0.25) is 4.79 Å². The number of carbonyl (C=O) groups is 1. The highest BCUT2D eigenvalue weighted by Crippen LogP contribution is 2.25. The monoisotopic (exact) mass is 410 g/mol. The molecule has 4 aromatic rings. The Kier molecular flexibility index (Phi) is 4.85. The summed E-state index contributed by atoms with van der Waals surface area (Å²) in [5.41, 5.74) is 2.57. The Morgan fingerprint density at radius 3 is 2.34 bits per heavy atom. The number of para-hydroxylation sites is 2. The van der Waals surface area contributed by atoms with Crippen LogP contribution in [0.1, 0.15) is 0 Å². The third-order valence-corrected chi connectivity index (χ3v) is 5.84. The van der Waals surface area contributed by atoms with Crippen LogP contribution in [-0.2, 0) is 14.6 Å². The van der Waals surface area contributed by atoms with E-state index in [0.29, 0.717) is 17.2 Å². The smallest absolute Gasteiger partial charge is 0.239 e. The number of hydrogen-bond donors (Lipinski definition) is 1. The van der Waals surface area contributed by atoms with Gasteiger partial charge in [0.15, 0.2) is 15.4 Å². The van der Waals surface area contributed by atoms with Crippen LogP contribution >= 0.6 is 0 Å². The Bertz CT molecular complexity index is 1250. The summed E-state index contributed by atoms with van der Waals surface area (Å²) in [4.78, 5) is 16.4. The largest absolute Gasteiger partial charge is 0.436 e. The normalized spacial score (nSPS) is 11.5. The van der Waals surface area contributed by atoms with Crippen molar-refractivity contribution in [3.8, 4) is 11.5 Å². The van der Waals surface area contributed by atoms with E-state index in [1.807, 2.05) is 24.3 Å². The lowest BCUT2D eigenvalue weighted by Gasteiger charge is -2.07. The summed E-state index contributed by atoms with van der Waals surface area (Å²) in [5, 5.41) is 2.54. The zero-order valence-electron chi connectivity index (χ0n) is 15.0. The van der Waals surface area contributed by atoms with Crippen LogP contribution in [0.3, 0.4) is 0 Å². The zero-order chi connectivity index (χ0) is 20.4. The minimum atomic E-state index is -3.87. The quantitative estimate of drug-likeness (QED) is 0.502. The molecule has 0 aliphatic heterocycles. The number of sulfone groups is 1. The second kappa shape index (κ2) is 7.48. The molecule has 0 aliphatic carbocycles. The number of aromatic nitrogens is 1. The Morgan fingerprint density at radius 1 is 0.966 bits per heavy atom. The van der Waals surface area contributed by atoms with Gasteiger partial charge in [-0.1, -0.05) is 12.1 Å². The summed E-state index contributed by atoms with van der Waals surface area (Å²) in [5.74, 6) is -1.54. The van der Waals surface area contributed by atoms with Gasteiger partial charge in [0.2, 0.25) is 11.8 Å². The summed E-state index contributed by atoms with van der Waals surface area (Å²) >= 11 is 0. The predicted molar refractivity (Wildman–Crippen MR) is 107 cm³/mol. The topological polar surface area (TPSA) is 89.3 Å². The van der Waals surface area contributed by atoms with Crippen LogP contribution in [0.25, 0.3) is 22.6 Å². The van der Waals surface area contributed by atoms with Crippen molar-refractivity contribution in [2.24, 2.45) is 0 Å². The van der Waals surface area contributed by atoms with Crippen molar-refractivity contribution in [3.05, 3.63) is 78.6 Å². The second-order valence-electron chi connectivity index (χ2n) is 6.33. The third kappa shape index (κ3) is 4.17. The number of nitrogens with zero attached hydrogens (tertiary/aromatic N) is 1. The van der Waals surface area contributed by atoms with E-state index in [1.54, 1.807) is 24.3 Å². The molecule has 0 saturated carbocycles. The van der Waals surface area contributed by atoms with Crippen molar-refractivity contribution >= 4 is 32.5 Å². The molecular weight excluding hydrogens is 395 g/mol. The third-order valence-electron chi connectivity index (χ3n) is 4.20. The highest BCUT2D eigenvalue weighted by molar-refractivity contribution is 7.92. The molecule has 0 spiro atoms. The van der Waals surface area contributed by atoms with Gasteiger partial charge in [-0.05, 0) is 60.7 Å². The molecule has 1 N–H and O–H groups in total. The van der Waals surface area contributed by atoms with Crippen LogP contribution in [0, 0.1) is 5.82 Å². The van der Waals surface area contributed by atoms with Crippen molar-refractivity contribution in [2.75, 3.05) is 11.1 Å². The number of carbonyl (C=O) groups excluding carboxylic acids is 1. The van der Waals surface area contributed by atoms with Crippen molar-refractivity contribution in [3.63, 3.8) is 0 Å². The molecule has 146 valence electrons.